The van der Waals surface area contributed by atoms with Crippen LogP contribution in [0.15, 0.2) is 17.2 Å². The number of nitrogens with zero attached hydrogens (tertiary/aromatic N) is 3. The second kappa shape index (κ2) is 7.84. The van der Waals surface area contributed by atoms with Gasteiger partial charge in [0, 0.05) is 43.8 Å². The Hall–Kier alpha value is -2.92. The van der Waals surface area contributed by atoms with Gasteiger partial charge in [0.05, 0.1) is 12.1 Å². The van der Waals surface area contributed by atoms with E-state index in [0.717, 1.165) is 11.1 Å². The molecule has 4 rings (SSSR count). The summed E-state index contributed by atoms with van der Waals surface area (Å²) in [4.78, 5) is 58.6. The van der Waals surface area contributed by atoms with Crippen LogP contribution in [0.2, 0.25) is 0 Å². The van der Waals surface area contributed by atoms with E-state index in [0.29, 0.717) is 6.42 Å². The molecule has 33 heavy (non-hydrogen) atoms. The second-order valence-corrected chi connectivity index (χ2v) is 9.46. The molecule has 12 heteroatoms. The summed E-state index contributed by atoms with van der Waals surface area (Å²) in [5.41, 5.74) is -3.61. The first-order valence-corrected chi connectivity index (χ1v) is 10.9. The number of amides is 3. The minimum atomic E-state index is -4.60. The molecule has 1 saturated carbocycles. The quantitative estimate of drug-likeness (QED) is 0.666. The summed E-state index contributed by atoms with van der Waals surface area (Å²) in [5.74, 6) is -2.42. The molecule has 9 nitrogen and oxygen atoms in total. The molecule has 1 aromatic rings. The molecule has 3 heterocycles. The molecule has 3 aliphatic rings. The van der Waals surface area contributed by atoms with Crippen molar-refractivity contribution in [2.24, 2.45) is 16.7 Å². The summed E-state index contributed by atoms with van der Waals surface area (Å²) in [6.45, 7) is 3.85. The Labute approximate surface area is 187 Å². The normalized spacial score (nSPS) is 23.7. The molecular formula is C21H26F3N5O4. The number of rotatable bonds is 5. The topological polar surface area (TPSA) is 115 Å². The third kappa shape index (κ3) is 3.89. The highest BCUT2D eigenvalue weighted by molar-refractivity contribution is 5.93. The van der Waals surface area contributed by atoms with E-state index in [1.807, 2.05) is 13.8 Å². The van der Waals surface area contributed by atoms with Gasteiger partial charge in [0.2, 0.25) is 11.8 Å². The lowest BCUT2D eigenvalue weighted by atomic mass is 9.70. The van der Waals surface area contributed by atoms with Crippen LogP contribution in [0.1, 0.15) is 43.6 Å². The number of H-pyrrole nitrogens is 1. The fourth-order valence-corrected chi connectivity index (χ4v) is 4.78. The van der Waals surface area contributed by atoms with E-state index in [2.05, 4.69) is 15.3 Å². The van der Waals surface area contributed by atoms with Crippen molar-refractivity contribution in [3.05, 3.63) is 28.4 Å². The SMILES string of the molecule is CCC(C)NC(=O)C1CN(C(=O)c2c[nH]c(=O)cn2)CC12CN(C(=O)C1(C(F)(F)F)CC1)C2. The number of aromatic amines is 1. The van der Waals surface area contributed by atoms with Gasteiger partial charge in [-0.2, -0.15) is 13.2 Å². The van der Waals surface area contributed by atoms with Crippen LogP contribution in [-0.4, -0.2) is 75.9 Å². The van der Waals surface area contributed by atoms with Gasteiger partial charge in [-0.15, -0.1) is 0 Å². The van der Waals surface area contributed by atoms with Crippen molar-refractivity contribution < 1.29 is 27.6 Å². The number of likely N-dealkylation sites (tertiary alicyclic amines) is 2. The predicted octanol–water partition coefficient (Wildman–Crippen LogP) is 0.928. The van der Waals surface area contributed by atoms with Crippen molar-refractivity contribution in [3.8, 4) is 0 Å². The van der Waals surface area contributed by atoms with Gasteiger partial charge in [0.1, 0.15) is 11.1 Å². The minimum Gasteiger partial charge on any atom is -0.353 e. The fourth-order valence-electron chi connectivity index (χ4n) is 4.78. The molecule has 2 atom stereocenters. The Morgan fingerprint density at radius 2 is 1.88 bits per heavy atom. The van der Waals surface area contributed by atoms with Crippen LogP contribution in [0.5, 0.6) is 0 Å². The van der Waals surface area contributed by atoms with E-state index in [1.165, 1.54) is 11.1 Å². The number of carbonyl (C=O) groups is 3. The number of hydrogen-bond acceptors (Lipinski definition) is 5. The van der Waals surface area contributed by atoms with Crippen molar-refractivity contribution in [3.63, 3.8) is 0 Å². The van der Waals surface area contributed by atoms with Crippen LogP contribution in [0, 0.1) is 16.7 Å². The van der Waals surface area contributed by atoms with E-state index in [-0.39, 0.29) is 56.7 Å². The summed E-state index contributed by atoms with van der Waals surface area (Å²) in [6.07, 6.45) is -2.21. The molecule has 3 fully saturated rings. The molecule has 2 aliphatic heterocycles. The van der Waals surface area contributed by atoms with Crippen molar-refractivity contribution in [2.75, 3.05) is 26.2 Å². The van der Waals surface area contributed by atoms with Crippen LogP contribution in [0.25, 0.3) is 0 Å². The van der Waals surface area contributed by atoms with Gasteiger partial charge >= 0.3 is 6.18 Å². The first-order valence-electron chi connectivity index (χ1n) is 10.9. The summed E-state index contributed by atoms with van der Waals surface area (Å²) < 4.78 is 40.2. The smallest absolute Gasteiger partial charge is 0.353 e. The number of alkyl halides is 3. The highest BCUT2D eigenvalue weighted by atomic mass is 19.4. The van der Waals surface area contributed by atoms with E-state index in [9.17, 15) is 32.3 Å². The monoisotopic (exact) mass is 469 g/mol. The van der Waals surface area contributed by atoms with Gasteiger partial charge in [-0.25, -0.2) is 4.98 Å². The number of halogens is 3. The summed E-state index contributed by atoms with van der Waals surface area (Å²) in [5, 5.41) is 2.89. The lowest BCUT2D eigenvalue weighted by Gasteiger charge is -2.51. The van der Waals surface area contributed by atoms with Crippen LogP contribution < -0.4 is 10.9 Å². The Bertz CT molecular complexity index is 1010. The summed E-state index contributed by atoms with van der Waals surface area (Å²) in [7, 11) is 0. The molecule has 1 spiro atoms. The third-order valence-electron chi connectivity index (χ3n) is 7.14. The number of hydrogen-bond donors (Lipinski definition) is 2. The molecule has 2 saturated heterocycles. The van der Waals surface area contributed by atoms with Crippen molar-refractivity contribution in [1.82, 2.24) is 25.1 Å². The van der Waals surface area contributed by atoms with E-state index < -0.39 is 40.3 Å². The molecule has 2 unspecified atom stereocenters. The maximum absolute atomic E-state index is 13.4. The van der Waals surface area contributed by atoms with Crippen LogP contribution in [0.3, 0.4) is 0 Å². The molecule has 0 bridgehead atoms. The van der Waals surface area contributed by atoms with Crippen molar-refractivity contribution in [1.29, 1.82) is 0 Å². The van der Waals surface area contributed by atoms with E-state index in [1.54, 1.807) is 0 Å². The lowest BCUT2D eigenvalue weighted by molar-refractivity contribution is -0.205. The number of nitrogens with one attached hydrogen (secondary N) is 2. The lowest BCUT2D eigenvalue weighted by Crippen LogP contribution is -2.66. The van der Waals surface area contributed by atoms with Gasteiger partial charge in [-0.05, 0) is 26.2 Å². The Balaban J connectivity index is 1.54. The van der Waals surface area contributed by atoms with Crippen LogP contribution in [0.4, 0.5) is 13.2 Å². The average Bonchev–Trinajstić information content (AvgIpc) is 3.46. The zero-order chi connectivity index (χ0) is 24.2. The van der Waals surface area contributed by atoms with Crippen LogP contribution in [-0.2, 0) is 9.59 Å². The van der Waals surface area contributed by atoms with E-state index in [4.69, 9.17) is 0 Å². The van der Waals surface area contributed by atoms with Gasteiger partial charge in [0.25, 0.3) is 11.5 Å². The van der Waals surface area contributed by atoms with Crippen molar-refractivity contribution >= 4 is 17.7 Å². The Morgan fingerprint density at radius 1 is 1.24 bits per heavy atom. The Morgan fingerprint density at radius 3 is 2.39 bits per heavy atom. The molecule has 0 aromatic carbocycles. The van der Waals surface area contributed by atoms with Gasteiger partial charge < -0.3 is 20.1 Å². The molecule has 1 aromatic heterocycles. The highest BCUT2D eigenvalue weighted by Gasteiger charge is 2.71. The van der Waals surface area contributed by atoms with Gasteiger partial charge in [-0.3, -0.25) is 19.2 Å². The molecule has 2 N–H and O–H groups in total. The third-order valence-corrected chi connectivity index (χ3v) is 7.14. The first-order chi connectivity index (χ1) is 15.4. The molecular weight excluding hydrogens is 443 g/mol. The van der Waals surface area contributed by atoms with E-state index >= 15 is 0 Å². The maximum Gasteiger partial charge on any atom is 0.403 e. The average molecular weight is 469 g/mol. The standard InChI is InChI=1S/C21H26F3N5O4/c1-3-12(2)27-16(31)13-8-28(17(32)14-6-26-15(30)7-25-14)9-19(13)10-29(11-19)18(33)20(4-5-20)21(22,23)24/h6-7,12-13H,3-5,8-11H2,1-2H3,(H,26,30)(H,27,31). The second-order valence-electron chi connectivity index (χ2n) is 9.46. The Kier molecular flexibility index (Phi) is 5.52. The molecule has 0 radical (unpaired) electrons. The minimum absolute atomic E-state index is 0.00556. The largest absolute Gasteiger partial charge is 0.403 e. The molecule has 1 aliphatic carbocycles. The zero-order valence-corrected chi connectivity index (χ0v) is 18.4. The van der Waals surface area contributed by atoms with Gasteiger partial charge in [-0.1, -0.05) is 6.92 Å². The number of aromatic nitrogens is 2. The van der Waals surface area contributed by atoms with Crippen LogP contribution >= 0.6 is 0 Å². The zero-order valence-electron chi connectivity index (χ0n) is 18.4. The first kappa shape index (κ1) is 23.2. The summed E-state index contributed by atoms with van der Waals surface area (Å²) in [6, 6.07) is -0.113. The molecule has 3 amide bonds. The fraction of sp³-hybridized carbons (Fsp3) is 0.667. The summed E-state index contributed by atoms with van der Waals surface area (Å²) >= 11 is 0. The highest BCUT2D eigenvalue weighted by Crippen LogP contribution is 2.60. The van der Waals surface area contributed by atoms with Crippen molar-refractivity contribution in [2.45, 2.75) is 45.3 Å². The molecule has 180 valence electrons. The van der Waals surface area contributed by atoms with Gasteiger partial charge in [0.15, 0.2) is 0 Å². The predicted molar refractivity (Wildman–Crippen MR) is 109 cm³/mol. The number of carbonyl (C=O) groups excluding carboxylic acids is 3. The maximum atomic E-state index is 13.4.